The number of anilines is 1. The minimum atomic E-state index is 0.0294. The maximum atomic E-state index is 12.3. The van der Waals surface area contributed by atoms with Gasteiger partial charge in [0.2, 0.25) is 5.91 Å². The van der Waals surface area contributed by atoms with Crippen molar-refractivity contribution >= 4 is 23.4 Å². The number of thioether (sulfide) groups is 1. The Morgan fingerprint density at radius 2 is 1.89 bits per heavy atom. The lowest BCUT2D eigenvalue weighted by atomic mass is 9.99. The van der Waals surface area contributed by atoms with Crippen LogP contribution in [0.2, 0.25) is 0 Å². The highest BCUT2D eigenvalue weighted by Crippen LogP contribution is 2.24. The summed E-state index contributed by atoms with van der Waals surface area (Å²) in [6.45, 7) is 8.76. The number of nitrogens with zero attached hydrogens (tertiary/aromatic N) is 1. The van der Waals surface area contributed by atoms with E-state index in [2.05, 4.69) is 79.5 Å². The number of benzene rings is 2. The number of amides is 1. The number of carbonyl (C=O) groups excluding carboxylic acids is 1. The molecule has 1 saturated heterocycles. The molecule has 0 aliphatic carbocycles. The molecule has 4 heteroatoms. The van der Waals surface area contributed by atoms with Gasteiger partial charge in [-0.05, 0) is 55.9 Å². The Morgan fingerprint density at radius 1 is 1.18 bits per heavy atom. The van der Waals surface area contributed by atoms with Gasteiger partial charge < -0.3 is 10.2 Å². The lowest BCUT2D eigenvalue weighted by molar-refractivity contribution is -0.119. The lowest BCUT2D eigenvalue weighted by Gasteiger charge is -2.33. The van der Waals surface area contributed by atoms with Crippen LogP contribution in [0.15, 0.2) is 48.5 Å². The zero-order chi connectivity index (χ0) is 19.9. The Morgan fingerprint density at radius 3 is 2.57 bits per heavy atom. The standard InChI is InChI=1S/C24H32N2OS/c1-18-6-8-21(9-7-18)16-28-17-24(27)25-20(3)22-10-12-23(13-11-22)26-14-4-5-19(2)15-26/h6-13,19-20H,4-5,14-17H2,1-3H3,(H,25,27)/t19-,20+/m1/s1. The average molecular weight is 397 g/mol. The van der Waals surface area contributed by atoms with E-state index in [0.29, 0.717) is 5.75 Å². The van der Waals surface area contributed by atoms with Crippen LogP contribution in [0.5, 0.6) is 0 Å². The highest BCUT2D eigenvalue weighted by molar-refractivity contribution is 7.99. The van der Waals surface area contributed by atoms with E-state index >= 15 is 0 Å². The second-order valence-corrected chi connectivity index (χ2v) is 9.04. The van der Waals surface area contributed by atoms with Gasteiger partial charge >= 0.3 is 0 Å². The molecular weight excluding hydrogens is 364 g/mol. The number of nitrogens with one attached hydrogen (secondary N) is 1. The van der Waals surface area contributed by atoms with Gasteiger partial charge in [-0.25, -0.2) is 0 Å². The van der Waals surface area contributed by atoms with E-state index in [1.165, 1.54) is 29.7 Å². The monoisotopic (exact) mass is 396 g/mol. The summed E-state index contributed by atoms with van der Waals surface area (Å²) in [5, 5.41) is 3.12. The van der Waals surface area contributed by atoms with Crippen molar-refractivity contribution in [3.05, 3.63) is 65.2 Å². The Bertz CT molecular complexity index is 757. The molecular formula is C24H32N2OS. The number of aryl methyl sites for hydroxylation is 1. The van der Waals surface area contributed by atoms with E-state index in [1.54, 1.807) is 11.8 Å². The van der Waals surface area contributed by atoms with E-state index < -0.39 is 0 Å². The summed E-state index contributed by atoms with van der Waals surface area (Å²) in [5.41, 5.74) is 4.98. The summed E-state index contributed by atoms with van der Waals surface area (Å²) in [5.74, 6) is 2.22. The van der Waals surface area contributed by atoms with Gasteiger partial charge in [0.15, 0.2) is 0 Å². The molecule has 1 fully saturated rings. The van der Waals surface area contributed by atoms with Crippen molar-refractivity contribution in [2.45, 2.75) is 45.4 Å². The predicted molar refractivity (Wildman–Crippen MR) is 121 cm³/mol. The topological polar surface area (TPSA) is 32.3 Å². The maximum absolute atomic E-state index is 12.3. The molecule has 1 N–H and O–H groups in total. The fourth-order valence-corrected chi connectivity index (χ4v) is 4.51. The Balaban J connectivity index is 1.45. The van der Waals surface area contributed by atoms with Crippen molar-refractivity contribution in [2.75, 3.05) is 23.7 Å². The van der Waals surface area contributed by atoms with Crippen molar-refractivity contribution in [3.8, 4) is 0 Å². The second kappa shape index (κ2) is 10.0. The van der Waals surface area contributed by atoms with Crippen molar-refractivity contribution < 1.29 is 4.79 Å². The summed E-state index contributed by atoms with van der Waals surface area (Å²) < 4.78 is 0. The quantitative estimate of drug-likeness (QED) is 0.685. The van der Waals surface area contributed by atoms with Gasteiger partial charge in [0, 0.05) is 24.5 Å². The van der Waals surface area contributed by atoms with E-state index in [9.17, 15) is 4.79 Å². The summed E-state index contributed by atoms with van der Waals surface area (Å²) >= 11 is 1.66. The van der Waals surface area contributed by atoms with Crippen molar-refractivity contribution in [1.29, 1.82) is 0 Å². The van der Waals surface area contributed by atoms with Crippen LogP contribution >= 0.6 is 11.8 Å². The molecule has 0 spiro atoms. The first-order valence-corrected chi connectivity index (χ1v) is 11.4. The smallest absolute Gasteiger partial charge is 0.230 e. The van der Waals surface area contributed by atoms with Crippen LogP contribution in [0.4, 0.5) is 5.69 Å². The van der Waals surface area contributed by atoms with Gasteiger partial charge in [-0.2, -0.15) is 0 Å². The lowest BCUT2D eigenvalue weighted by Crippen LogP contribution is -2.34. The molecule has 0 bridgehead atoms. The molecule has 150 valence electrons. The fourth-order valence-electron chi connectivity index (χ4n) is 3.71. The molecule has 0 aromatic heterocycles. The second-order valence-electron chi connectivity index (χ2n) is 8.05. The van der Waals surface area contributed by atoms with Crippen LogP contribution in [0.3, 0.4) is 0 Å². The third-order valence-electron chi connectivity index (χ3n) is 5.42. The van der Waals surface area contributed by atoms with Crippen molar-refractivity contribution in [3.63, 3.8) is 0 Å². The van der Waals surface area contributed by atoms with Crippen LogP contribution in [-0.2, 0) is 10.5 Å². The summed E-state index contributed by atoms with van der Waals surface area (Å²) in [4.78, 5) is 14.8. The minimum absolute atomic E-state index is 0.0294. The van der Waals surface area contributed by atoms with Gasteiger partial charge in [-0.3, -0.25) is 4.79 Å². The normalized spacial score (nSPS) is 18.0. The van der Waals surface area contributed by atoms with E-state index in [4.69, 9.17) is 0 Å². The Kier molecular flexibility index (Phi) is 7.43. The number of rotatable bonds is 7. The third-order valence-corrected chi connectivity index (χ3v) is 6.42. The first-order chi connectivity index (χ1) is 13.5. The summed E-state index contributed by atoms with van der Waals surface area (Å²) in [6.07, 6.45) is 2.61. The number of piperidine rings is 1. The van der Waals surface area contributed by atoms with Crippen LogP contribution < -0.4 is 10.2 Å². The molecule has 1 aliphatic heterocycles. The fraction of sp³-hybridized carbons (Fsp3) is 0.458. The van der Waals surface area contributed by atoms with E-state index in [0.717, 1.165) is 30.3 Å². The molecule has 0 saturated carbocycles. The zero-order valence-electron chi connectivity index (χ0n) is 17.3. The van der Waals surface area contributed by atoms with Gasteiger partial charge in [-0.1, -0.05) is 48.9 Å². The Labute approximate surface area is 173 Å². The highest BCUT2D eigenvalue weighted by atomic mass is 32.2. The first kappa shape index (κ1) is 20.8. The van der Waals surface area contributed by atoms with Crippen LogP contribution in [0, 0.1) is 12.8 Å². The molecule has 1 aliphatic rings. The molecule has 0 radical (unpaired) electrons. The average Bonchev–Trinajstić information content (AvgIpc) is 2.69. The first-order valence-electron chi connectivity index (χ1n) is 10.3. The molecule has 2 aromatic carbocycles. The highest BCUT2D eigenvalue weighted by Gasteiger charge is 2.17. The molecule has 0 unspecified atom stereocenters. The van der Waals surface area contributed by atoms with Crippen LogP contribution in [-0.4, -0.2) is 24.7 Å². The maximum Gasteiger partial charge on any atom is 0.230 e. The van der Waals surface area contributed by atoms with Gasteiger partial charge in [0.25, 0.3) is 0 Å². The Hall–Kier alpha value is -1.94. The van der Waals surface area contributed by atoms with Crippen LogP contribution in [0.25, 0.3) is 0 Å². The molecule has 1 heterocycles. The predicted octanol–water partition coefficient (Wildman–Crippen LogP) is 5.34. The van der Waals surface area contributed by atoms with Gasteiger partial charge in [-0.15, -0.1) is 11.8 Å². The summed E-state index contributed by atoms with van der Waals surface area (Å²) in [6, 6.07) is 17.2. The number of hydrogen-bond acceptors (Lipinski definition) is 3. The molecule has 2 aromatic rings. The van der Waals surface area contributed by atoms with Gasteiger partial charge in [0.1, 0.15) is 0 Å². The summed E-state index contributed by atoms with van der Waals surface area (Å²) in [7, 11) is 0. The largest absolute Gasteiger partial charge is 0.371 e. The molecule has 3 rings (SSSR count). The van der Waals surface area contributed by atoms with E-state index in [-0.39, 0.29) is 11.9 Å². The zero-order valence-corrected chi connectivity index (χ0v) is 18.1. The molecule has 3 nitrogen and oxygen atoms in total. The SMILES string of the molecule is Cc1ccc(CSCC(=O)N[C@@H](C)c2ccc(N3CCC[C@@H](C)C3)cc2)cc1. The van der Waals surface area contributed by atoms with E-state index in [1.807, 2.05) is 0 Å². The number of carbonyl (C=O) groups is 1. The minimum Gasteiger partial charge on any atom is -0.371 e. The van der Waals surface area contributed by atoms with Crippen molar-refractivity contribution in [2.24, 2.45) is 5.92 Å². The number of hydrogen-bond donors (Lipinski definition) is 1. The van der Waals surface area contributed by atoms with Gasteiger partial charge in [0.05, 0.1) is 11.8 Å². The molecule has 28 heavy (non-hydrogen) atoms. The molecule has 1 amide bonds. The molecule has 2 atom stereocenters. The van der Waals surface area contributed by atoms with Crippen molar-refractivity contribution in [1.82, 2.24) is 5.32 Å². The van der Waals surface area contributed by atoms with Crippen LogP contribution in [0.1, 0.15) is 49.4 Å². The third kappa shape index (κ3) is 6.03.